The molecule has 0 atom stereocenters. The highest BCUT2D eigenvalue weighted by atomic mass is 16.4. The summed E-state index contributed by atoms with van der Waals surface area (Å²) in [5.74, 6) is -3.63. The minimum Gasteiger partial charge on any atom is -0.479 e. The Morgan fingerprint density at radius 2 is 1.24 bits per heavy atom. The summed E-state index contributed by atoms with van der Waals surface area (Å²) in [5.41, 5.74) is 0. The zero-order valence-corrected chi connectivity index (χ0v) is 12.8. The molecule has 0 bridgehead atoms. The van der Waals surface area contributed by atoms with Crippen molar-refractivity contribution in [1.82, 2.24) is 5.32 Å². The molecule has 3 N–H and O–H groups in total. The standard InChI is InChI=1S/C15H27NO5/c1-2-3-4-5-6-7-8-9-10-11-12(17)16-13(14(18)19)15(20)21/h13H,2-11H2,1H3,(H,16,17)(H,18,19)(H,20,21). The lowest BCUT2D eigenvalue weighted by atomic mass is 10.1. The van der Waals surface area contributed by atoms with E-state index >= 15 is 0 Å². The Balaban J connectivity index is 3.57. The molecule has 1 amide bonds. The first kappa shape index (κ1) is 19.4. The highest BCUT2D eigenvalue weighted by Gasteiger charge is 2.27. The van der Waals surface area contributed by atoms with Crippen LogP contribution in [0.2, 0.25) is 0 Å². The van der Waals surface area contributed by atoms with Gasteiger partial charge < -0.3 is 15.5 Å². The number of hydrogen-bond acceptors (Lipinski definition) is 3. The van der Waals surface area contributed by atoms with Gasteiger partial charge in [0.1, 0.15) is 0 Å². The van der Waals surface area contributed by atoms with E-state index in [4.69, 9.17) is 10.2 Å². The molecule has 0 aliphatic rings. The molecular formula is C15H27NO5. The molecule has 0 aliphatic carbocycles. The van der Waals surface area contributed by atoms with Gasteiger partial charge in [0.25, 0.3) is 0 Å². The SMILES string of the molecule is CCCCCCCCCCCC(=O)NC(C(=O)O)C(=O)O. The Kier molecular flexibility index (Phi) is 11.3. The molecule has 0 unspecified atom stereocenters. The van der Waals surface area contributed by atoms with Crippen molar-refractivity contribution in [2.24, 2.45) is 0 Å². The third kappa shape index (κ3) is 10.8. The van der Waals surface area contributed by atoms with Crippen LogP contribution in [-0.4, -0.2) is 34.1 Å². The van der Waals surface area contributed by atoms with Crippen molar-refractivity contribution < 1.29 is 24.6 Å². The van der Waals surface area contributed by atoms with Crippen LogP contribution < -0.4 is 5.32 Å². The van der Waals surface area contributed by atoms with Crippen molar-refractivity contribution in [2.45, 2.75) is 77.2 Å². The van der Waals surface area contributed by atoms with Crippen LogP contribution in [0.3, 0.4) is 0 Å². The first-order valence-electron chi connectivity index (χ1n) is 7.74. The van der Waals surface area contributed by atoms with Gasteiger partial charge in [-0.15, -0.1) is 0 Å². The number of carboxylic acid groups (broad SMARTS) is 2. The summed E-state index contributed by atoms with van der Waals surface area (Å²) in [7, 11) is 0. The smallest absolute Gasteiger partial charge is 0.338 e. The number of hydrogen-bond donors (Lipinski definition) is 3. The minimum absolute atomic E-state index is 0.174. The molecule has 0 aromatic heterocycles. The molecule has 0 spiro atoms. The Bertz CT molecular complexity index is 316. The third-order valence-corrected chi connectivity index (χ3v) is 3.31. The Labute approximate surface area is 125 Å². The Hall–Kier alpha value is -1.59. The molecule has 0 saturated heterocycles. The van der Waals surface area contributed by atoms with Crippen LogP contribution in [0.5, 0.6) is 0 Å². The molecule has 0 aromatic rings. The van der Waals surface area contributed by atoms with Gasteiger partial charge in [0.2, 0.25) is 11.9 Å². The number of amides is 1. The van der Waals surface area contributed by atoms with Crippen LogP contribution in [0.25, 0.3) is 0 Å². The third-order valence-electron chi connectivity index (χ3n) is 3.31. The maximum Gasteiger partial charge on any atom is 0.338 e. The van der Waals surface area contributed by atoms with E-state index in [1.54, 1.807) is 0 Å². The summed E-state index contributed by atoms with van der Waals surface area (Å²) in [6, 6.07) is -1.85. The van der Waals surface area contributed by atoms with Gasteiger partial charge in [-0.05, 0) is 6.42 Å². The van der Waals surface area contributed by atoms with Crippen LogP contribution >= 0.6 is 0 Å². The number of nitrogens with one attached hydrogen (secondary N) is 1. The second-order valence-electron chi connectivity index (χ2n) is 5.26. The molecule has 0 saturated carbocycles. The van der Waals surface area contributed by atoms with Gasteiger partial charge in [-0.2, -0.15) is 0 Å². The second kappa shape index (κ2) is 12.2. The molecular weight excluding hydrogens is 274 g/mol. The normalized spacial score (nSPS) is 10.6. The average molecular weight is 301 g/mol. The Morgan fingerprint density at radius 1 is 0.810 bits per heavy atom. The number of carboxylic acids is 2. The number of rotatable bonds is 13. The summed E-state index contributed by atoms with van der Waals surface area (Å²) in [5, 5.41) is 19.3. The lowest BCUT2D eigenvalue weighted by Crippen LogP contribution is -2.46. The van der Waals surface area contributed by atoms with Gasteiger partial charge in [-0.1, -0.05) is 58.3 Å². The van der Waals surface area contributed by atoms with Crippen molar-refractivity contribution in [3.63, 3.8) is 0 Å². The van der Waals surface area contributed by atoms with Gasteiger partial charge >= 0.3 is 11.9 Å². The van der Waals surface area contributed by atoms with E-state index in [1.165, 1.54) is 32.1 Å². The molecule has 6 heteroatoms. The highest BCUT2D eigenvalue weighted by molar-refractivity contribution is 6.00. The summed E-state index contributed by atoms with van der Waals surface area (Å²) in [6.45, 7) is 2.18. The summed E-state index contributed by atoms with van der Waals surface area (Å²) in [6.07, 6.45) is 10.2. The summed E-state index contributed by atoms with van der Waals surface area (Å²) >= 11 is 0. The molecule has 0 heterocycles. The topological polar surface area (TPSA) is 104 Å². The van der Waals surface area contributed by atoms with E-state index in [0.29, 0.717) is 6.42 Å². The lowest BCUT2D eigenvalue weighted by molar-refractivity contribution is -0.153. The van der Waals surface area contributed by atoms with Crippen molar-refractivity contribution >= 4 is 17.8 Å². The fraction of sp³-hybridized carbons (Fsp3) is 0.800. The number of carbonyl (C=O) groups is 3. The zero-order valence-electron chi connectivity index (χ0n) is 12.8. The van der Waals surface area contributed by atoms with E-state index in [0.717, 1.165) is 19.3 Å². The zero-order chi connectivity index (χ0) is 16.1. The molecule has 122 valence electrons. The van der Waals surface area contributed by atoms with Crippen molar-refractivity contribution in [3.05, 3.63) is 0 Å². The molecule has 0 aliphatic heterocycles. The second-order valence-corrected chi connectivity index (χ2v) is 5.26. The van der Waals surface area contributed by atoms with Crippen molar-refractivity contribution in [2.75, 3.05) is 0 Å². The van der Waals surface area contributed by atoms with Gasteiger partial charge in [0, 0.05) is 6.42 Å². The first-order valence-corrected chi connectivity index (χ1v) is 7.74. The lowest BCUT2D eigenvalue weighted by Gasteiger charge is -2.09. The molecule has 0 aromatic carbocycles. The van der Waals surface area contributed by atoms with Crippen molar-refractivity contribution in [1.29, 1.82) is 0 Å². The number of unbranched alkanes of at least 4 members (excludes halogenated alkanes) is 8. The van der Waals surface area contributed by atoms with E-state index in [-0.39, 0.29) is 6.42 Å². The molecule has 21 heavy (non-hydrogen) atoms. The molecule has 6 nitrogen and oxygen atoms in total. The van der Waals surface area contributed by atoms with Crippen LogP contribution in [0, 0.1) is 0 Å². The fourth-order valence-electron chi connectivity index (χ4n) is 2.06. The molecule has 0 radical (unpaired) electrons. The molecule has 0 fully saturated rings. The maximum atomic E-state index is 11.4. The van der Waals surface area contributed by atoms with Crippen LogP contribution in [0.4, 0.5) is 0 Å². The largest absolute Gasteiger partial charge is 0.479 e. The van der Waals surface area contributed by atoms with Gasteiger partial charge in [0.15, 0.2) is 0 Å². The highest BCUT2D eigenvalue weighted by Crippen LogP contribution is 2.10. The van der Waals surface area contributed by atoms with E-state index in [2.05, 4.69) is 6.92 Å². The van der Waals surface area contributed by atoms with Crippen LogP contribution in [-0.2, 0) is 14.4 Å². The first-order chi connectivity index (χ1) is 9.99. The average Bonchev–Trinajstić information content (AvgIpc) is 2.42. The van der Waals surface area contributed by atoms with Gasteiger partial charge in [-0.3, -0.25) is 4.79 Å². The quantitative estimate of drug-likeness (QED) is 0.358. The van der Waals surface area contributed by atoms with Crippen LogP contribution in [0.15, 0.2) is 0 Å². The van der Waals surface area contributed by atoms with E-state index in [1.807, 2.05) is 5.32 Å². The number of aliphatic carboxylic acids is 2. The van der Waals surface area contributed by atoms with Crippen LogP contribution in [0.1, 0.15) is 71.1 Å². The number of carbonyl (C=O) groups excluding carboxylic acids is 1. The maximum absolute atomic E-state index is 11.4. The van der Waals surface area contributed by atoms with E-state index in [9.17, 15) is 14.4 Å². The Morgan fingerprint density at radius 3 is 1.67 bits per heavy atom. The predicted octanol–water partition coefficient (Wildman–Crippen LogP) is 2.56. The summed E-state index contributed by atoms with van der Waals surface area (Å²) < 4.78 is 0. The fourth-order valence-corrected chi connectivity index (χ4v) is 2.06. The van der Waals surface area contributed by atoms with E-state index < -0.39 is 23.9 Å². The monoisotopic (exact) mass is 301 g/mol. The predicted molar refractivity (Wildman–Crippen MR) is 79.0 cm³/mol. The summed E-state index contributed by atoms with van der Waals surface area (Å²) in [4.78, 5) is 32.6. The van der Waals surface area contributed by atoms with Gasteiger partial charge in [-0.25, -0.2) is 9.59 Å². The minimum atomic E-state index is -1.85. The molecule has 0 rings (SSSR count). The van der Waals surface area contributed by atoms with Gasteiger partial charge in [0.05, 0.1) is 0 Å². The van der Waals surface area contributed by atoms with Crippen molar-refractivity contribution in [3.8, 4) is 0 Å².